The Morgan fingerprint density at radius 1 is 1.39 bits per heavy atom. The molecule has 1 aromatic carbocycles. The third-order valence-corrected chi connectivity index (χ3v) is 4.41. The minimum absolute atomic E-state index is 0.111. The van der Waals surface area contributed by atoms with E-state index in [2.05, 4.69) is 5.32 Å². The Hall–Kier alpha value is -0.560. The molecule has 0 spiro atoms. The number of aliphatic hydroxyl groups excluding tert-OH is 1. The summed E-state index contributed by atoms with van der Waals surface area (Å²) in [5, 5.41) is 12.6. The summed E-state index contributed by atoms with van der Waals surface area (Å²) in [6, 6.07) is 3.02. The maximum atomic E-state index is 13.5. The molecule has 0 fully saturated rings. The number of halogens is 2. The van der Waals surface area contributed by atoms with Crippen molar-refractivity contribution in [2.45, 2.75) is 26.7 Å². The summed E-state index contributed by atoms with van der Waals surface area (Å²) in [4.78, 5) is 0. The maximum absolute atomic E-state index is 13.5. The summed E-state index contributed by atoms with van der Waals surface area (Å²) >= 11 is 1.91. The van der Waals surface area contributed by atoms with Gasteiger partial charge in [0.05, 0.1) is 21.6 Å². The van der Waals surface area contributed by atoms with Crippen molar-refractivity contribution in [2.24, 2.45) is 5.41 Å². The van der Waals surface area contributed by atoms with Crippen molar-refractivity contribution in [1.82, 2.24) is 0 Å². The van der Waals surface area contributed by atoms with Crippen molar-refractivity contribution in [3.63, 3.8) is 0 Å². The molecule has 0 aliphatic rings. The molecular formula is C13H20FIN2O. The van der Waals surface area contributed by atoms with Crippen LogP contribution in [0.5, 0.6) is 0 Å². The van der Waals surface area contributed by atoms with Gasteiger partial charge in [0.2, 0.25) is 0 Å². The van der Waals surface area contributed by atoms with E-state index in [1.165, 1.54) is 6.07 Å². The standard InChI is InChI=1S/C13H20FIN2O/c1-3-13(4-2,8-18)7-17-12-5-9(14)10(15)6-11(12)16/h5-6,17-18H,3-4,7-8,16H2,1-2H3. The molecule has 4 N–H and O–H groups in total. The molecular weight excluding hydrogens is 346 g/mol. The predicted octanol–water partition coefficient (Wildman–Crippen LogP) is 3.22. The number of nitrogen functional groups attached to an aromatic ring is 1. The molecule has 0 saturated carbocycles. The highest BCUT2D eigenvalue weighted by molar-refractivity contribution is 14.1. The minimum Gasteiger partial charge on any atom is -0.397 e. The molecule has 3 nitrogen and oxygen atoms in total. The quantitative estimate of drug-likeness (QED) is 0.535. The second kappa shape index (κ2) is 6.56. The molecule has 18 heavy (non-hydrogen) atoms. The van der Waals surface area contributed by atoms with Gasteiger partial charge in [0.25, 0.3) is 0 Å². The van der Waals surface area contributed by atoms with E-state index in [1.54, 1.807) is 6.07 Å². The molecule has 0 bridgehead atoms. The summed E-state index contributed by atoms with van der Waals surface area (Å²) < 4.78 is 14.0. The molecule has 0 aromatic heterocycles. The van der Waals surface area contributed by atoms with Crippen LogP contribution in [0, 0.1) is 14.8 Å². The molecule has 1 rings (SSSR count). The van der Waals surface area contributed by atoms with Crippen LogP contribution in [0.4, 0.5) is 15.8 Å². The van der Waals surface area contributed by atoms with Crippen LogP contribution in [0.15, 0.2) is 12.1 Å². The van der Waals surface area contributed by atoms with Crippen molar-refractivity contribution in [3.8, 4) is 0 Å². The molecule has 0 amide bonds. The maximum Gasteiger partial charge on any atom is 0.138 e. The van der Waals surface area contributed by atoms with Crippen LogP contribution < -0.4 is 11.1 Å². The van der Waals surface area contributed by atoms with Crippen LogP contribution in [-0.2, 0) is 0 Å². The number of hydrogen-bond acceptors (Lipinski definition) is 3. The lowest BCUT2D eigenvalue weighted by Crippen LogP contribution is -2.32. The van der Waals surface area contributed by atoms with Gasteiger partial charge in [-0.2, -0.15) is 0 Å². The Balaban J connectivity index is 2.83. The van der Waals surface area contributed by atoms with Gasteiger partial charge in [0.15, 0.2) is 0 Å². The highest BCUT2D eigenvalue weighted by Crippen LogP contribution is 2.29. The molecule has 1 aromatic rings. The fourth-order valence-electron chi connectivity index (χ4n) is 1.78. The summed E-state index contributed by atoms with van der Waals surface area (Å²) in [5.41, 5.74) is 6.79. The lowest BCUT2D eigenvalue weighted by molar-refractivity contribution is 0.127. The van der Waals surface area contributed by atoms with Gasteiger partial charge in [-0.25, -0.2) is 4.39 Å². The van der Waals surface area contributed by atoms with Gasteiger partial charge in [-0.1, -0.05) is 13.8 Å². The van der Waals surface area contributed by atoms with Crippen LogP contribution in [0.25, 0.3) is 0 Å². The Labute approximate surface area is 121 Å². The third-order valence-electron chi connectivity index (χ3n) is 3.58. The predicted molar refractivity (Wildman–Crippen MR) is 82.1 cm³/mol. The molecule has 0 atom stereocenters. The number of nitrogens with one attached hydrogen (secondary N) is 1. The lowest BCUT2D eigenvalue weighted by Gasteiger charge is -2.30. The first-order valence-corrected chi connectivity index (χ1v) is 7.15. The van der Waals surface area contributed by atoms with E-state index in [0.29, 0.717) is 21.5 Å². The molecule has 0 aliphatic heterocycles. The zero-order valence-corrected chi connectivity index (χ0v) is 12.9. The van der Waals surface area contributed by atoms with Gasteiger partial charge >= 0.3 is 0 Å². The van der Waals surface area contributed by atoms with Crippen LogP contribution >= 0.6 is 22.6 Å². The van der Waals surface area contributed by atoms with Crippen molar-refractivity contribution in [3.05, 3.63) is 21.5 Å². The van der Waals surface area contributed by atoms with Crippen molar-refractivity contribution in [1.29, 1.82) is 0 Å². The van der Waals surface area contributed by atoms with Crippen molar-refractivity contribution in [2.75, 3.05) is 24.2 Å². The molecule has 0 saturated heterocycles. The zero-order valence-electron chi connectivity index (χ0n) is 10.8. The van der Waals surface area contributed by atoms with E-state index in [-0.39, 0.29) is 17.8 Å². The molecule has 0 unspecified atom stereocenters. The summed E-state index contributed by atoms with van der Waals surface area (Å²) in [6.45, 7) is 4.78. The molecule has 0 heterocycles. The fraction of sp³-hybridized carbons (Fsp3) is 0.538. The van der Waals surface area contributed by atoms with Crippen molar-refractivity contribution >= 4 is 34.0 Å². The van der Waals surface area contributed by atoms with Gasteiger partial charge in [-0.3, -0.25) is 0 Å². The number of anilines is 2. The smallest absolute Gasteiger partial charge is 0.138 e. The topological polar surface area (TPSA) is 58.3 Å². The van der Waals surface area contributed by atoms with E-state index in [0.717, 1.165) is 12.8 Å². The number of hydrogen-bond donors (Lipinski definition) is 3. The zero-order chi connectivity index (χ0) is 13.8. The van der Waals surface area contributed by atoms with E-state index in [9.17, 15) is 9.50 Å². The van der Waals surface area contributed by atoms with Gasteiger partial charge in [-0.05, 0) is 41.5 Å². The number of rotatable bonds is 6. The largest absolute Gasteiger partial charge is 0.397 e. The molecule has 102 valence electrons. The first-order chi connectivity index (χ1) is 8.48. The Kier molecular flexibility index (Phi) is 5.65. The number of aliphatic hydroxyl groups is 1. The Morgan fingerprint density at radius 3 is 2.50 bits per heavy atom. The molecule has 0 aliphatic carbocycles. The average Bonchev–Trinajstić information content (AvgIpc) is 2.37. The lowest BCUT2D eigenvalue weighted by atomic mass is 9.83. The van der Waals surface area contributed by atoms with Crippen LogP contribution in [-0.4, -0.2) is 18.3 Å². The molecule has 0 radical (unpaired) electrons. The average molecular weight is 366 g/mol. The Morgan fingerprint density at radius 2 is 2.00 bits per heavy atom. The van der Waals surface area contributed by atoms with Gasteiger partial charge in [0.1, 0.15) is 5.82 Å². The normalized spacial score (nSPS) is 11.6. The SMILES string of the molecule is CCC(CC)(CO)CNc1cc(F)c(I)cc1N. The highest BCUT2D eigenvalue weighted by Gasteiger charge is 2.25. The third kappa shape index (κ3) is 3.47. The van der Waals surface area contributed by atoms with E-state index < -0.39 is 0 Å². The van der Waals surface area contributed by atoms with Crippen LogP contribution in [0.3, 0.4) is 0 Å². The number of benzene rings is 1. The van der Waals surface area contributed by atoms with E-state index >= 15 is 0 Å². The second-order valence-electron chi connectivity index (χ2n) is 4.57. The van der Waals surface area contributed by atoms with Gasteiger partial charge in [-0.15, -0.1) is 0 Å². The van der Waals surface area contributed by atoms with Crippen LogP contribution in [0.1, 0.15) is 26.7 Å². The second-order valence-corrected chi connectivity index (χ2v) is 5.73. The van der Waals surface area contributed by atoms with Crippen molar-refractivity contribution < 1.29 is 9.50 Å². The Bertz CT molecular complexity index is 400. The van der Waals surface area contributed by atoms with E-state index in [1.807, 2.05) is 36.4 Å². The first-order valence-electron chi connectivity index (χ1n) is 6.07. The molecule has 5 heteroatoms. The van der Waals surface area contributed by atoms with E-state index in [4.69, 9.17) is 5.73 Å². The first kappa shape index (κ1) is 15.5. The van der Waals surface area contributed by atoms with Crippen LogP contribution in [0.2, 0.25) is 0 Å². The summed E-state index contributed by atoms with van der Waals surface area (Å²) in [5.74, 6) is -0.283. The summed E-state index contributed by atoms with van der Waals surface area (Å²) in [7, 11) is 0. The van der Waals surface area contributed by atoms with Gasteiger partial charge < -0.3 is 16.2 Å². The monoisotopic (exact) mass is 366 g/mol. The minimum atomic E-state index is -0.283. The number of nitrogens with two attached hydrogens (primary N) is 1. The summed E-state index contributed by atoms with van der Waals surface area (Å²) in [6.07, 6.45) is 1.72. The highest BCUT2D eigenvalue weighted by atomic mass is 127. The van der Waals surface area contributed by atoms with Gasteiger partial charge in [0, 0.05) is 18.0 Å². The fourth-order valence-corrected chi connectivity index (χ4v) is 2.27.